The molecule has 1 atom stereocenters. The van der Waals surface area contributed by atoms with Crippen molar-refractivity contribution in [1.82, 2.24) is 0 Å². The van der Waals surface area contributed by atoms with E-state index < -0.39 is 11.2 Å². The third kappa shape index (κ3) is 2.85. The van der Waals surface area contributed by atoms with Crippen molar-refractivity contribution in [2.75, 3.05) is 0 Å². The quantitative estimate of drug-likeness (QED) is 0.480. The van der Waals surface area contributed by atoms with Crippen LogP contribution in [-0.2, 0) is 0 Å². The standard InChI is InChI=1S/C13H7BrCl2F2/c14-10-6-12(18)9(5-11(10)15)13(16)7-1-3-8(17)4-2-7/h1-6,13H. The third-order valence-corrected chi connectivity index (χ3v) is 4.16. The van der Waals surface area contributed by atoms with Crippen LogP contribution in [0.15, 0.2) is 40.9 Å². The molecule has 0 radical (unpaired) electrons. The van der Waals surface area contributed by atoms with Gasteiger partial charge in [-0.2, -0.15) is 0 Å². The van der Waals surface area contributed by atoms with Crippen molar-refractivity contribution >= 4 is 39.1 Å². The first kappa shape index (κ1) is 13.8. The molecule has 0 heterocycles. The lowest BCUT2D eigenvalue weighted by Crippen LogP contribution is -1.97. The average molecular weight is 352 g/mol. The van der Waals surface area contributed by atoms with Crippen molar-refractivity contribution in [2.24, 2.45) is 0 Å². The summed E-state index contributed by atoms with van der Waals surface area (Å²) in [5.41, 5.74) is 0.867. The van der Waals surface area contributed by atoms with Crippen LogP contribution in [-0.4, -0.2) is 0 Å². The minimum Gasteiger partial charge on any atom is -0.207 e. The van der Waals surface area contributed by atoms with E-state index in [2.05, 4.69) is 15.9 Å². The number of hydrogen-bond donors (Lipinski definition) is 0. The zero-order valence-electron chi connectivity index (χ0n) is 8.93. The minimum absolute atomic E-state index is 0.261. The highest BCUT2D eigenvalue weighted by Crippen LogP contribution is 2.35. The molecule has 0 saturated carbocycles. The zero-order valence-corrected chi connectivity index (χ0v) is 12.0. The fourth-order valence-electron chi connectivity index (χ4n) is 1.54. The van der Waals surface area contributed by atoms with Gasteiger partial charge in [-0.05, 0) is 45.8 Å². The van der Waals surface area contributed by atoms with Crippen LogP contribution in [0.25, 0.3) is 0 Å². The van der Waals surface area contributed by atoms with Crippen LogP contribution in [0, 0.1) is 11.6 Å². The maximum atomic E-state index is 13.8. The van der Waals surface area contributed by atoms with Gasteiger partial charge in [0.1, 0.15) is 11.6 Å². The van der Waals surface area contributed by atoms with Crippen molar-refractivity contribution in [3.05, 3.63) is 68.7 Å². The van der Waals surface area contributed by atoms with Gasteiger partial charge in [0.05, 0.1) is 10.4 Å². The Morgan fingerprint density at radius 2 is 1.67 bits per heavy atom. The Bertz CT molecular complexity index is 570. The molecular weight excluding hydrogens is 345 g/mol. The molecule has 2 aromatic carbocycles. The van der Waals surface area contributed by atoms with Gasteiger partial charge in [0.2, 0.25) is 0 Å². The van der Waals surface area contributed by atoms with Crippen molar-refractivity contribution in [3.63, 3.8) is 0 Å². The Hall–Kier alpha value is -0.640. The second-order valence-corrected chi connectivity index (χ2v) is 5.40. The summed E-state index contributed by atoms with van der Waals surface area (Å²) in [6.45, 7) is 0. The van der Waals surface area contributed by atoms with Gasteiger partial charge in [0.15, 0.2) is 0 Å². The molecule has 0 aliphatic carbocycles. The van der Waals surface area contributed by atoms with Crippen molar-refractivity contribution in [3.8, 4) is 0 Å². The SMILES string of the molecule is Fc1ccc(C(Cl)c2cc(Cl)c(Br)cc2F)cc1. The maximum absolute atomic E-state index is 13.8. The molecule has 0 spiro atoms. The van der Waals surface area contributed by atoms with Crippen molar-refractivity contribution < 1.29 is 8.78 Å². The molecule has 0 amide bonds. The molecule has 0 aromatic heterocycles. The van der Waals surface area contributed by atoms with Crippen LogP contribution >= 0.6 is 39.1 Å². The van der Waals surface area contributed by atoms with Crippen molar-refractivity contribution in [2.45, 2.75) is 5.38 Å². The lowest BCUT2D eigenvalue weighted by Gasteiger charge is -2.12. The Kier molecular flexibility index (Phi) is 4.25. The summed E-state index contributed by atoms with van der Waals surface area (Å²) in [6, 6.07) is 8.31. The van der Waals surface area contributed by atoms with Crippen LogP contribution in [0.5, 0.6) is 0 Å². The molecule has 0 N–H and O–H groups in total. The summed E-state index contributed by atoms with van der Waals surface area (Å²) in [4.78, 5) is 0. The Morgan fingerprint density at radius 3 is 2.28 bits per heavy atom. The predicted octanol–water partition coefficient (Wildman–Crippen LogP) is 5.71. The number of alkyl halides is 1. The molecule has 0 saturated heterocycles. The van der Waals surface area contributed by atoms with Gasteiger partial charge in [-0.1, -0.05) is 23.7 Å². The molecular formula is C13H7BrCl2F2. The molecule has 5 heteroatoms. The van der Waals surface area contributed by atoms with Gasteiger partial charge in [-0.15, -0.1) is 11.6 Å². The summed E-state index contributed by atoms with van der Waals surface area (Å²) in [6.07, 6.45) is 0. The first-order chi connectivity index (χ1) is 8.49. The van der Waals surface area contributed by atoms with Gasteiger partial charge in [0.25, 0.3) is 0 Å². The first-order valence-corrected chi connectivity index (χ1v) is 6.63. The highest BCUT2D eigenvalue weighted by molar-refractivity contribution is 9.10. The Balaban J connectivity index is 2.42. The maximum Gasteiger partial charge on any atom is 0.129 e. The highest BCUT2D eigenvalue weighted by atomic mass is 79.9. The van der Waals surface area contributed by atoms with Crippen LogP contribution in [0.3, 0.4) is 0 Å². The minimum atomic E-state index is -0.712. The van der Waals surface area contributed by atoms with Gasteiger partial charge >= 0.3 is 0 Å². The lowest BCUT2D eigenvalue weighted by molar-refractivity contribution is 0.611. The van der Waals surface area contributed by atoms with Gasteiger partial charge in [-0.3, -0.25) is 0 Å². The molecule has 2 aromatic rings. The molecule has 2 rings (SSSR count). The van der Waals surface area contributed by atoms with Crippen LogP contribution in [0.1, 0.15) is 16.5 Å². The van der Waals surface area contributed by atoms with Crippen LogP contribution in [0.2, 0.25) is 5.02 Å². The smallest absolute Gasteiger partial charge is 0.129 e. The fraction of sp³-hybridized carbons (Fsp3) is 0.0769. The normalized spacial score (nSPS) is 12.5. The number of rotatable bonds is 2. The topological polar surface area (TPSA) is 0 Å². The van der Waals surface area contributed by atoms with Gasteiger partial charge in [0, 0.05) is 10.0 Å². The Morgan fingerprint density at radius 1 is 1.06 bits per heavy atom. The summed E-state index contributed by atoms with van der Waals surface area (Å²) < 4.78 is 27.1. The summed E-state index contributed by atoms with van der Waals surface area (Å²) in [7, 11) is 0. The first-order valence-electron chi connectivity index (χ1n) is 5.03. The molecule has 0 aliphatic heterocycles. The zero-order chi connectivity index (χ0) is 13.3. The van der Waals surface area contributed by atoms with Gasteiger partial charge in [-0.25, -0.2) is 8.78 Å². The molecule has 0 aliphatic rings. The predicted molar refractivity (Wildman–Crippen MR) is 73.2 cm³/mol. The molecule has 18 heavy (non-hydrogen) atoms. The average Bonchev–Trinajstić information content (AvgIpc) is 2.34. The van der Waals surface area contributed by atoms with E-state index in [1.165, 1.54) is 36.4 Å². The van der Waals surface area contributed by atoms with Crippen LogP contribution < -0.4 is 0 Å². The highest BCUT2D eigenvalue weighted by Gasteiger charge is 2.17. The summed E-state index contributed by atoms with van der Waals surface area (Å²) in [5, 5.41) is -0.338. The summed E-state index contributed by atoms with van der Waals surface area (Å²) >= 11 is 15.2. The molecule has 0 nitrogen and oxygen atoms in total. The van der Waals surface area contributed by atoms with E-state index in [0.717, 1.165) is 0 Å². The Labute approximate surface area is 122 Å². The molecule has 94 valence electrons. The third-order valence-electron chi connectivity index (χ3n) is 2.48. The van der Waals surface area contributed by atoms with E-state index in [1.807, 2.05) is 0 Å². The second kappa shape index (κ2) is 5.55. The van der Waals surface area contributed by atoms with Gasteiger partial charge < -0.3 is 0 Å². The van der Waals surface area contributed by atoms with E-state index in [-0.39, 0.29) is 11.4 Å². The van der Waals surface area contributed by atoms with Crippen LogP contribution in [0.4, 0.5) is 8.78 Å². The molecule has 1 unspecified atom stereocenters. The summed E-state index contributed by atoms with van der Waals surface area (Å²) in [5.74, 6) is -0.826. The van der Waals surface area contributed by atoms with E-state index in [1.54, 1.807) is 0 Å². The van der Waals surface area contributed by atoms with E-state index in [0.29, 0.717) is 15.1 Å². The number of halogens is 5. The van der Waals surface area contributed by atoms with E-state index in [9.17, 15) is 8.78 Å². The monoisotopic (exact) mass is 350 g/mol. The molecule has 0 bridgehead atoms. The van der Waals surface area contributed by atoms with E-state index >= 15 is 0 Å². The fourth-order valence-corrected chi connectivity index (χ4v) is 2.34. The lowest BCUT2D eigenvalue weighted by atomic mass is 10.0. The van der Waals surface area contributed by atoms with Crippen molar-refractivity contribution in [1.29, 1.82) is 0 Å². The number of benzene rings is 2. The molecule has 0 fully saturated rings. The largest absolute Gasteiger partial charge is 0.207 e. The second-order valence-electron chi connectivity index (χ2n) is 3.70. The van der Waals surface area contributed by atoms with E-state index in [4.69, 9.17) is 23.2 Å². The number of hydrogen-bond acceptors (Lipinski definition) is 0.